The van der Waals surface area contributed by atoms with Crippen LogP contribution in [0.1, 0.15) is 46.6 Å². The van der Waals surface area contributed by atoms with Crippen molar-refractivity contribution >= 4 is 17.5 Å². The molecule has 0 aliphatic carbocycles. The van der Waals surface area contributed by atoms with Crippen LogP contribution in [-0.2, 0) is 16.8 Å². The first-order valence-corrected chi connectivity index (χ1v) is 10.9. The average Bonchev–Trinajstić information content (AvgIpc) is 3.48. The minimum atomic E-state index is -0.854. The van der Waals surface area contributed by atoms with Crippen molar-refractivity contribution in [3.8, 4) is 5.75 Å². The molecule has 0 unspecified atom stereocenters. The van der Waals surface area contributed by atoms with E-state index in [0.717, 1.165) is 22.5 Å². The number of benzene rings is 2. The molecule has 2 atom stereocenters. The molecule has 2 aliphatic rings. The second-order valence-corrected chi connectivity index (χ2v) is 8.36. The van der Waals surface area contributed by atoms with Crippen molar-refractivity contribution < 1.29 is 14.3 Å². The number of fused-ring (bicyclic) bond motifs is 2. The number of aryl methyl sites for hydroxylation is 1. The predicted molar refractivity (Wildman–Crippen MR) is 121 cm³/mol. The number of methoxy groups -OCH3 is 1. The van der Waals surface area contributed by atoms with Crippen molar-refractivity contribution in [2.45, 2.75) is 38.3 Å². The van der Waals surface area contributed by atoms with Crippen LogP contribution >= 0.6 is 0 Å². The third-order valence-corrected chi connectivity index (χ3v) is 6.89. The zero-order valence-electron chi connectivity index (χ0n) is 18.5. The fraction of sp³-hybridized carbons (Fsp3) is 0.320. The molecule has 2 aromatic carbocycles. The lowest BCUT2D eigenvalue weighted by Gasteiger charge is -2.34. The average molecular weight is 431 g/mol. The molecule has 0 radical (unpaired) electrons. The summed E-state index contributed by atoms with van der Waals surface area (Å²) in [7, 11) is 1.62. The van der Waals surface area contributed by atoms with Gasteiger partial charge in [0.25, 0.3) is 5.91 Å². The van der Waals surface area contributed by atoms with Crippen LogP contribution in [0.25, 0.3) is 0 Å². The van der Waals surface area contributed by atoms with Crippen LogP contribution < -0.4 is 10.1 Å². The molecule has 1 aromatic heterocycles. The van der Waals surface area contributed by atoms with Crippen molar-refractivity contribution in [3.05, 3.63) is 77.1 Å². The Balaban J connectivity index is 1.67. The number of nitrogens with zero attached hydrogens (tertiary/aromatic N) is 3. The number of hydrogen-bond acceptors (Lipinski definition) is 4. The Kier molecular flexibility index (Phi) is 4.77. The van der Waals surface area contributed by atoms with Gasteiger partial charge >= 0.3 is 0 Å². The number of amides is 2. The summed E-state index contributed by atoms with van der Waals surface area (Å²) >= 11 is 0. The predicted octanol–water partition coefficient (Wildman–Crippen LogP) is 3.70. The highest BCUT2D eigenvalue weighted by Gasteiger charge is 2.59. The number of carbonyl (C=O) groups excluding carboxylic acids is 2. The Hall–Kier alpha value is -3.61. The smallest absolute Gasteiger partial charge is 0.257 e. The summed E-state index contributed by atoms with van der Waals surface area (Å²) in [6.07, 6.45) is 2.18. The standard InChI is InChI=1S/C25H26N4O3/c1-4-29-16(2)19(15-26-29)23(30)28-13-12-25(20-10-5-6-11-21(20)27-24(25)31)22(28)17-8-7-9-18(14-17)32-3/h5-11,14-15,22H,4,12-13H2,1-3H3,(H,27,31)/t22-,25+/m0/s1. The molecule has 1 N–H and O–H groups in total. The molecule has 1 saturated heterocycles. The van der Waals surface area contributed by atoms with Gasteiger partial charge in [-0.3, -0.25) is 14.3 Å². The molecule has 2 amide bonds. The first-order valence-electron chi connectivity index (χ1n) is 10.9. The maximum Gasteiger partial charge on any atom is 0.257 e. The van der Waals surface area contributed by atoms with Gasteiger partial charge in [0.1, 0.15) is 11.2 Å². The minimum Gasteiger partial charge on any atom is -0.497 e. The summed E-state index contributed by atoms with van der Waals surface area (Å²) in [6.45, 7) is 5.07. The highest BCUT2D eigenvalue weighted by atomic mass is 16.5. The lowest BCUT2D eigenvalue weighted by Crippen LogP contribution is -2.42. The van der Waals surface area contributed by atoms with Crippen molar-refractivity contribution in [2.75, 3.05) is 19.0 Å². The summed E-state index contributed by atoms with van der Waals surface area (Å²) in [5, 5.41) is 7.42. The number of nitrogens with one attached hydrogen (secondary N) is 1. The van der Waals surface area contributed by atoms with Crippen molar-refractivity contribution in [1.29, 1.82) is 0 Å². The molecular formula is C25H26N4O3. The number of para-hydroxylation sites is 1. The summed E-state index contributed by atoms with van der Waals surface area (Å²) in [6, 6.07) is 15.0. The van der Waals surface area contributed by atoms with Gasteiger partial charge in [0.15, 0.2) is 0 Å². The van der Waals surface area contributed by atoms with E-state index in [1.165, 1.54) is 0 Å². The number of anilines is 1. The van der Waals surface area contributed by atoms with Gasteiger partial charge in [0, 0.05) is 24.5 Å². The van der Waals surface area contributed by atoms with E-state index in [9.17, 15) is 9.59 Å². The van der Waals surface area contributed by atoms with Crippen molar-refractivity contribution in [3.63, 3.8) is 0 Å². The highest BCUT2D eigenvalue weighted by molar-refractivity contribution is 6.08. The number of carbonyl (C=O) groups is 2. The van der Waals surface area contributed by atoms with Crippen LogP contribution in [0, 0.1) is 6.92 Å². The van der Waals surface area contributed by atoms with E-state index in [1.807, 2.05) is 72.0 Å². The topological polar surface area (TPSA) is 76.5 Å². The summed E-state index contributed by atoms with van der Waals surface area (Å²) < 4.78 is 7.28. The normalized spacial score (nSPS) is 21.7. The van der Waals surface area contributed by atoms with E-state index in [4.69, 9.17) is 4.74 Å². The molecular weight excluding hydrogens is 404 g/mol. The van der Waals surface area contributed by atoms with Crippen LogP contribution in [-0.4, -0.2) is 40.1 Å². The van der Waals surface area contributed by atoms with Crippen LogP contribution in [0.4, 0.5) is 5.69 Å². The van der Waals surface area contributed by atoms with Gasteiger partial charge in [0.05, 0.1) is 24.9 Å². The van der Waals surface area contributed by atoms with Gasteiger partial charge in [-0.2, -0.15) is 5.10 Å². The SMILES string of the molecule is CCn1ncc(C(=O)N2CC[C@]3(C(=O)Nc4ccccc43)[C@@H]2c2cccc(OC)c2)c1C. The van der Waals surface area contributed by atoms with Crippen molar-refractivity contribution in [1.82, 2.24) is 14.7 Å². The molecule has 1 fully saturated rings. The van der Waals surface area contributed by atoms with Crippen LogP contribution in [0.2, 0.25) is 0 Å². The first-order chi connectivity index (χ1) is 15.5. The first kappa shape index (κ1) is 20.3. The molecule has 7 nitrogen and oxygen atoms in total. The molecule has 164 valence electrons. The molecule has 2 aliphatic heterocycles. The van der Waals surface area contributed by atoms with Gasteiger partial charge in [-0.15, -0.1) is 0 Å². The lowest BCUT2D eigenvalue weighted by molar-refractivity contribution is -0.121. The molecule has 7 heteroatoms. The third kappa shape index (κ3) is 2.77. The monoisotopic (exact) mass is 430 g/mol. The van der Waals surface area contributed by atoms with Crippen LogP contribution in [0.5, 0.6) is 5.75 Å². The minimum absolute atomic E-state index is 0.0669. The van der Waals surface area contributed by atoms with Crippen molar-refractivity contribution in [2.24, 2.45) is 0 Å². The quantitative estimate of drug-likeness (QED) is 0.685. The van der Waals surface area contributed by atoms with Gasteiger partial charge < -0.3 is 15.0 Å². The van der Waals surface area contributed by atoms with Crippen LogP contribution in [0.3, 0.4) is 0 Å². The number of hydrogen-bond donors (Lipinski definition) is 1. The van der Waals surface area contributed by atoms with Gasteiger partial charge in [-0.25, -0.2) is 0 Å². The largest absolute Gasteiger partial charge is 0.497 e. The Bertz CT molecular complexity index is 1220. The Morgan fingerprint density at radius 3 is 2.81 bits per heavy atom. The zero-order chi connectivity index (χ0) is 22.5. The maximum absolute atomic E-state index is 13.8. The molecule has 0 saturated carbocycles. The van der Waals surface area contributed by atoms with E-state index < -0.39 is 11.5 Å². The van der Waals surface area contributed by atoms with E-state index in [0.29, 0.717) is 30.8 Å². The van der Waals surface area contributed by atoms with Gasteiger partial charge in [-0.05, 0) is 49.6 Å². The van der Waals surface area contributed by atoms with E-state index in [-0.39, 0.29) is 11.8 Å². The summed E-state index contributed by atoms with van der Waals surface area (Å²) in [5.74, 6) is 0.519. The van der Waals surface area contributed by atoms with Gasteiger partial charge in [0.2, 0.25) is 5.91 Å². The third-order valence-electron chi connectivity index (χ3n) is 6.89. The lowest BCUT2D eigenvalue weighted by atomic mass is 9.72. The zero-order valence-corrected chi connectivity index (χ0v) is 18.5. The summed E-state index contributed by atoms with van der Waals surface area (Å²) in [5.41, 5.74) is 3.18. The Morgan fingerprint density at radius 2 is 2.06 bits per heavy atom. The van der Waals surface area contributed by atoms with E-state index in [2.05, 4.69) is 10.4 Å². The fourth-order valence-corrected chi connectivity index (χ4v) is 5.31. The van der Waals surface area contributed by atoms with E-state index in [1.54, 1.807) is 13.3 Å². The Labute approximate surface area is 187 Å². The number of rotatable bonds is 4. The fourth-order valence-electron chi connectivity index (χ4n) is 5.31. The number of likely N-dealkylation sites (tertiary alicyclic amines) is 1. The van der Waals surface area contributed by atoms with E-state index >= 15 is 0 Å². The van der Waals surface area contributed by atoms with Crippen LogP contribution in [0.15, 0.2) is 54.7 Å². The van der Waals surface area contributed by atoms with Gasteiger partial charge in [-0.1, -0.05) is 30.3 Å². The molecule has 5 rings (SSSR count). The molecule has 3 aromatic rings. The maximum atomic E-state index is 13.8. The number of aromatic nitrogens is 2. The molecule has 32 heavy (non-hydrogen) atoms. The number of ether oxygens (including phenoxy) is 1. The Morgan fingerprint density at radius 1 is 1.25 bits per heavy atom. The second kappa shape index (κ2) is 7.51. The molecule has 1 spiro atoms. The second-order valence-electron chi connectivity index (χ2n) is 8.36. The molecule has 3 heterocycles. The highest BCUT2D eigenvalue weighted by Crippen LogP contribution is 2.55. The summed E-state index contributed by atoms with van der Waals surface area (Å²) in [4.78, 5) is 29.2. The molecule has 0 bridgehead atoms.